The highest BCUT2D eigenvalue weighted by molar-refractivity contribution is 6.31. The summed E-state index contributed by atoms with van der Waals surface area (Å²) >= 11 is 5.94. The number of aryl methyl sites for hydroxylation is 1. The van der Waals surface area contributed by atoms with E-state index in [0.717, 1.165) is 5.56 Å². The van der Waals surface area contributed by atoms with E-state index < -0.39 is 11.8 Å². The van der Waals surface area contributed by atoms with E-state index in [1.54, 1.807) is 30.3 Å². The topological polar surface area (TPSA) is 71.1 Å². The second-order valence-electron chi connectivity index (χ2n) is 4.11. The number of amides is 2. The van der Waals surface area contributed by atoms with E-state index in [-0.39, 0.29) is 0 Å². The van der Waals surface area contributed by atoms with Gasteiger partial charge in [-0.2, -0.15) is 0 Å². The van der Waals surface area contributed by atoms with Crippen LogP contribution in [0.5, 0.6) is 0 Å². The molecule has 1 heterocycles. The van der Waals surface area contributed by atoms with E-state index in [0.29, 0.717) is 16.1 Å². The molecule has 2 aromatic rings. The number of nitrogens with zero attached hydrogens (tertiary/aromatic N) is 1. The third-order valence-corrected chi connectivity index (χ3v) is 3.07. The first-order valence-corrected chi connectivity index (χ1v) is 6.22. The van der Waals surface area contributed by atoms with Crippen LogP contribution in [-0.4, -0.2) is 16.8 Å². The van der Waals surface area contributed by atoms with Gasteiger partial charge in [0.05, 0.1) is 0 Å². The van der Waals surface area contributed by atoms with Crippen LogP contribution in [0.15, 0.2) is 42.7 Å². The molecule has 2 amide bonds. The average Bonchev–Trinajstić information content (AvgIpc) is 2.48. The Hall–Kier alpha value is -2.40. The van der Waals surface area contributed by atoms with E-state index in [1.165, 1.54) is 12.4 Å². The summed E-state index contributed by atoms with van der Waals surface area (Å²) in [5.74, 6) is -0.853. The van der Waals surface area contributed by atoms with Crippen molar-refractivity contribution in [2.45, 2.75) is 6.92 Å². The molecule has 0 atom stereocenters. The number of carbonyl (C=O) groups excluding carboxylic acids is 2. The average molecular weight is 290 g/mol. The molecule has 0 saturated heterocycles. The van der Waals surface area contributed by atoms with E-state index in [4.69, 9.17) is 11.6 Å². The molecule has 0 bridgehead atoms. The fourth-order valence-electron chi connectivity index (χ4n) is 1.50. The van der Waals surface area contributed by atoms with Crippen molar-refractivity contribution < 1.29 is 9.59 Å². The number of rotatable bonds is 2. The number of nitrogens with one attached hydrogen (secondary N) is 2. The van der Waals surface area contributed by atoms with Crippen LogP contribution in [0, 0.1) is 6.92 Å². The quantitative estimate of drug-likeness (QED) is 0.832. The molecular formula is C14H12ClN3O2. The standard InChI is InChI=1S/C14H12ClN3O2/c1-9-2-3-11(8-12(9)15)14(20)18-17-13(19)10-4-6-16-7-5-10/h2-8H,1H3,(H,17,19)(H,18,20). The fraction of sp³-hybridized carbons (Fsp3) is 0.0714. The number of carbonyl (C=O) groups is 2. The second kappa shape index (κ2) is 6.16. The zero-order valence-electron chi connectivity index (χ0n) is 10.7. The molecular weight excluding hydrogens is 278 g/mol. The van der Waals surface area contributed by atoms with Crippen molar-refractivity contribution in [1.29, 1.82) is 0 Å². The lowest BCUT2D eigenvalue weighted by Crippen LogP contribution is -2.41. The highest BCUT2D eigenvalue weighted by atomic mass is 35.5. The summed E-state index contributed by atoms with van der Waals surface area (Å²) in [6, 6.07) is 8.01. The molecule has 102 valence electrons. The van der Waals surface area contributed by atoms with Crippen molar-refractivity contribution in [3.8, 4) is 0 Å². The van der Waals surface area contributed by atoms with Gasteiger partial charge in [-0.25, -0.2) is 0 Å². The van der Waals surface area contributed by atoms with Crippen LogP contribution in [0.1, 0.15) is 26.3 Å². The maximum Gasteiger partial charge on any atom is 0.269 e. The minimum Gasteiger partial charge on any atom is -0.267 e. The maximum absolute atomic E-state index is 11.8. The van der Waals surface area contributed by atoms with Crippen LogP contribution in [0.2, 0.25) is 5.02 Å². The zero-order valence-corrected chi connectivity index (χ0v) is 11.4. The third kappa shape index (κ3) is 3.33. The van der Waals surface area contributed by atoms with Crippen LogP contribution in [0.25, 0.3) is 0 Å². The molecule has 6 heteroatoms. The Kier molecular flexibility index (Phi) is 4.32. The number of halogens is 1. The molecule has 2 rings (SSSR count). The predicted molar refractivity (Wildman–Crippen MR) is 75.4 cm³/mol. The van der Waals surface area contributed by atoms with E-state index >= 15 is 0 Å². The van der Waals surface area contributed by atoms with Gasteiger partial charge in [-0.1, -0.05) is 17.7 Å². The van der Waals surface area contributed by atoms with Crippen LogP contribution in [0.4, 0.5) is 0 Å². The van der Waals surface area contributed by atoms with Crippen molar-refractivity contribution in [3.63, 3.8) is 0 Å². The first-order valence-electron chi connectivity index (χ1n) is 5.85. The Balaban J connectivity index is 1.98. The van der Waals surface area contributed by atoms with E-state index in [2.05, 4.69) is 15.8 Å². The number of hydrogen-bond donors (Lipinski definition) is 2. The molecule has 0 fully saturated rings. The summed E-state index contributed by atoms with van der Waals surface area (Å²) in [5, 5.41) is 0.498. The normalized spacial score (nSPS) is 9.90. The Bertz CT molecular complexity index is 644. The molecule has 20 heavy (non-hydrogen) atoms. The Morgan fingerprint density at radius 2 is 1.60 bits per heavy atom. The molecule has 0 saturated carbocycles. The largest absolute Gasteiger partial charge is 0.269 e. The second-order valence-corrected chi connectivity index (χ2v) is 4.52. The van der Waals surface area contributed by atoms with E-state index in [1.807, 2.05) is 6.92 Å². The third-order valence-electron chi connectivity index (χ3n) is 2.67. The van der Waals surface area contributed by atoms with Crippen LogP contribution < -0.4 is 10.9 Å². The molecule has 5 nitrogen and oxygen atoms in total. The molecule has 2 N–H and O–H groups in total. The van der Waals surface area contributed by atoms with Gasteiger partial charge in [-0.3, -0.25) is 25.4 Å². The smallest absolute Gasteiger partial charge is 0.267 e. The summed E-state index contributed by atoms with van der Waals surface area (Å²) in [6.45, 7) is 1.84. The molecule has 0 aliphatic rings. The van der Waals surface area contributed by atoms with Crippen molar-refractivity contribution in [2.75, 3.05) is 0 Å². The van der Waals surface area contributed by atoms with Gasteiger partial charge in [-0.15, -0.1) is 0 Å². The number of benzene rings is 1. The van der Waals surface area contributed by atoms with Gasteiger partial charge < -0.3 is 0 Å². The minimum atomic E-state index is -0.436. The van der Waals surface area contributed by atoms with Crippen LogP contribution >= 0.6 is 11.6 Å². The van der Waals surface area contributed by atoms with Crippen molar-refractivity contribution in [3.05, 3.63) is 64.4 Å². The zero-order chi connectivity index (χ0) is 14.5. The maximum atomic E-state index is 11.8. The van der Waals surface area contributed by atoms with Crippen molar-refractivity contribution >= 4 is 23.4 Å². The van der Waals surface area contributed by atoms with Gasteiger partial charge >= 0.3 is 0 Å². The van der Waals surface area contributed by atoms with Crippen LogP contribution in [-0.2, 0) is 0 Å². The lowest BCUT2D eigenvalue weighted by molar-refractivity contribution is 0.0846. The Morgan fingerprint density at radius 3 is 2.20 bits per heavy atom. The molecule has 0 aliphatic carbocycles. The minimum absolute atomic E-state index is 0.371. The summed E-state index contributed by atoms with van der Waals surface area (Å²) < 4.78 is 0. The monoisotopic (exact) mass is 289 g/mol. The molecule has 1 aromatic carbocycles. The number of hydrazine groups is 1. The van der Waals surface area contributed by atoms with Crippen LogP contribution in [0.3, 0.4) is 0 Å². The summed E-state index contributed by atoms with van der Waals surface area (Å²) in [6.07, 6.45) is 2.99. The number of pyridine rings is 1. The van der Waals surface area contributed by atoms with Gasteiger partial charge in [0, 0.05) is 28.5 Å². The molecule has 1 aromatic heterocycles. The molecule has 0 radical (unpaired) electrons. The molecule has 0 aliphatic heterocycles. The summed E-state index contributed by atoms with van der Waals surface area (Å²) in [5.41, 5.74) is 6.30. The SMILES string of the molecule is Cc1ccc(C(=O)NNC(=O)c2ccncc2)cc1Cl. The lowest BCUT2D eigenvalue weighted by Gasteiger charge is -2.08. The Labute approximate surface area is 120 Å². The van der Waals surface area contributed by atoms with Gasteiger partial charge in [0.2, 0.25) is 0 Å². The molecule has 0 spiro atoms. The van der Waals surface area contributed by atoms with Crippen molar-refractivity contribution in [2.24, 2.45) is 0 Å². The van der Waals surface area contributed by atoms with Crippen molar-refractivity contribution in [1.82, 2.24) is 15.8 Å². The lowest BCUT2D eigenvalue weighted by atomic mass is 10.1. The number of aromatic nitrogens is 1. The fourth-order valence-corrected chi connectivity index (χ4v) is 1.68. The van der Waals surface area contributed by atoms with Gasteiger partial charge in [0.1, 0.15) is 0 Å². The van der Waals surface area contributed by atoms with Gasteiger partial charge in [0.15, 0.2) is 0 Å². The first-order chi connectivity index (χ1) is 9.58. The highest BCUT2D eigenvalue weighted by Crippen LogP contribution is 2.16. The summed E-state index contributed by atoms with van der Waals surface area (Å²) in [4.78, 5) is 27.4. The van der Waals surface area contributed by atoms with Gasteiger partial charge in [-0.05, 0) is 36.8 Å². The molecule has 0 unspecified atom stereocenters. The predicted octanol–water partition coefficient (Wildman–Crippen LogP) is 2.12. The van der Waals surface area contributed by atoms with E-state index in [9.17, 15) is 9.59 Å². The highest BCUT2D eigenvalue weighted by Gasteiger charge is 2.09. The Morgan fingerprint density at radius 1 is 1.00 bits per heavy atom. The number of hydrogen-bond acceptors (Lipinski definition) is 3. The summed E-state index contributed by atoms with van der Waals surface area (Å²) in [7, 11) is 0. The first kappa shape index (κ1) is 14.0. The van der Waals surface area contributed by atoms with Gasteiger partial charge in [0.25, 0.3) is 11.8 Å².